The van der Waals surface area contributed by atoms with Crippen LogP contribution in [0.15, 0.2) is 24.3 Å². The van der Waals surface area contributed by atoms with Gasteiger partial charge < -0.3 is 0 Å². The predicted octanol–water partition coefficient (Wildman–Crippen LogP) is 5.13. The zero-order valence-corrected chi connectivity index (χ0v) is 11.8. The van der Waals surface area contributed by atoms with Gasteiger partial charge in [-0.15, -0.1) is 11.3 Å². The molecule has 0 amide bonds. The second kappa shape index (κ2) is 4.86. The lowest BCUT2D eigenvalue weighted by atomic mass is 10.0. The minimum atomic E-state index is -0.809. The molecule has 0 saturated heterocycles. The molecule has 2 rings (SSSR count). The Morgan fingerprint density at radius 2 is 1.88 bits per heavy atom. The standard InChI is InChI=1S/C13H11BrF2S/c1-7-6-10(8(2)17-7)12(14)9-4-3-5-11(15)13(9)16/h3-6,12H,1-2H3. The minimum Gasteiger partial charge on any atom is -0.204 e. The van der Waals surface area contributed by atoms with E-state index in [0.717, 1.165) is 16.5 Å². The van der Waals surface area contributed by atoms with Gasteiger partial charge in [0.15, 0.2) is 11.6 Å². The minimum absolute atomic E-state index is 0.303. The van der Waals surface area contributed by atoms with Crippen LogP contribution < -0.4 is 0 Å². The first kappa shape index (κ1) is 12.7. The Bertz CT molecular complexity index is 548. The van der Waals surface area contributed by atoms with Crippen LogP contribution in [-0.2, 0) is 0 Å². The highest BCUT2D eigenvalue weighted by Gasteiger charge is 2.20. The Kier molecular flexibility index (Phi) is 3.64. The van der Waals surface area contributed by atoms with Gasteiger partial charge in [0.05, 0.1) is 4.83 Å². The van der Waals surface area contributed by atoms with E-state index in [1.165, 1.54) is 10.9 Å². The first-order valence-electron chi connectivity index (χ1n) is 5.15. The van der Waals surface area contributed by atoms with E-state index in [4.69, 9.17) is 0 Å². The van der Waals surface area contributed by atoms with Crippen molar-refractivity contribution in [3.63, 3.8) is 0 Å². The molecule has 0 spiro atoms. The summed E-state index contributed by atoms with van der Waals surface area (Å²) < 4.78 is 26.8. The van der Waals surface area contributed by atoms with Gasteiger partial charge >= 0.3 is 0 Å². The number of hydrogen-bond donors (Lipinski definition) is 0. The molecule has 0 nitrogen and oxygen atoms in total. The van der Waals surface area contributed by atoms with E-state index in [9.17, 15) is 8.78 Å². The average Bonchev–Trinajstić information content (AvgIpc) is 2.61. The van der Waals surface area contributed by atoms with Gasteiger partial charge in [-0.1, -0.05) is 28.1 Å². The van der Waals surface area contributed by atoms with Crippen molar-refractivity contribution < 1.29 is 8.78 Å². The molecule has 0 N–H and O–H groups in total. The third kappa shape index (κ3) is 2.43. The van der Waals surface area contributed by atoms with E-state index >= 15 is 0 Å². The fourth-order valence-corrected chi connectivity index (χ4v) is 3.73. The second-order valence-electron chi connectivity index (χ2n) is 3.87. The summed E-state index contributed by atoms with van der Waals surface area (Å²) in [6.45, 7) is 3.99. The maximum absolute atomic E-state index is 13.7. The van der Waals surface area contributed by atoms with E-state index in [-0.39, 0.29) is 4.83 Å². The number of aryl methyl sites for hydroxylation is 2. The van der Waals surface area contributed by atoms with Gasteiger partial charge in [0.25, 0.3) is 0 Å². The lowest BCUT2D eigenvalue weighted by Gasteiger charge is -2.11. The van der Waals surface area contributed by atoms with Crippen LogP contribution in [0.1, 0.15) is 25.7 Å². The third-order valence-corrected chi connectivity index (χ3v) is 4.58. The summed E-state index contributed by atoms with van der Waals surface area (Å²) in [6, 6.07) is 6.26. The molecule has 0 aliphatic heterocycles. The van der Waals surface area contributed by atoms with Gasteiger partial charge in [-0.05, 0) is 31.5 Å². The van der Waals surface area contributed by atoms with Crippen molar-refractivity contribution in [3.05, 3.63) is 56.8 Å². The molecule has 2 aromatic rings. The third-order valence-electron chi connectivity index (χ3n) is 2.61. The van der Waals surface area contributed by atoms with Gasteiger partial charge in [-0.25, -0.2) is 8.78 Å². The number of thiophene rings is 1. The Balaban J connectivity index is 2.47. The van der Waals surface area contributed by atoms with Gasteiger partial charge in [-0.2, -0.15) is 0 Å². The molecule has 4 heteroatoms. The maximum atomic E-state index is 13.7. The summed E-state index contributed by atoms with van der Waals surface area (Å²) in [4.78, 5) is 1.98. The van der Waals surface area contributed by atoms with Crippen LogP contribution >= 0.6 is 27.3 Å². The molecule has 1 atom stereocenters. The summed E-state index contributed by atoms with van der Waals surface area (Å²) >= 11 is 5.10. The van der Waals surface area contributed by atoms with Gasteiger partial charge in [0.2, 0.25) is 0 Å². The summed E-state index contributed by atoms with van der Waals surface area (Å²) in [5, 5.41) is 0. The van der Waals surface area contributed by atoms with Crippen molar-refractivity contribution in [2.75, 3.05) is 0 Å². The molecule has 90 valence electrons. The van der Waals surface area contributed by atoms with Crippen LogP contribution in [0.2, 0.25) is 0 Å². The lowest BCUT2D eigenvalue weighted by molar-refractivity contribution is 0.500. The van der Waals surface area contributed by atoms with E-state index in [1.54, 1.807) is 17.4 Å². The molecule has 1 aromatic heterocycles. The van der Waals surface area contributed by atoms with E-state index < -0.39 is 11.6 Å². The molecule has 1 heterocycles. The van der Waals surface area contributed by atoms with Crippen LogP contribution in [-0.4, -0.2) is 0 Å². The van der Waals surface area contributed by atoms with Crippen molar-refractivity contribution in [1.29, 1.82) is 0 Å². The zero-order valence-electron chi connectivity index (χ0n) is 9.43. The SMILES string of the molecule is Cc1cc(C(Br)c2cccc(F)c2F)c(C)s1. The Morgan fingerprint density at radius 1 is 1.18 bits per heavy atom. The quantitative estimate of drug-likeness (QED) is 0.674. The molecule has 17 heavy (non-hydrogen) atoms. The number of hydrogen-bond acceptors (Lipinski definition) is 1. The highest BCUT2D eigenvalue weighted by atomic mass is 79.9. The van der Waals surface area contributed by atoms with Crippen LogP contribution in [0.4, 0.5) is 8.78 Å². The molecule has 0 radical (unpaired) electrons. The van der Waals surface area contributed by atoms with Crippen LogP contribution in [0, 0.1) is 25.5 Å². The summed E-state index contributed by atoms with van der Waals surface area (Å²) in [7, 11) is 0. The smallest absolute Gasteiger partial charge is 0.163 e. The molecular formula is C13H11BrF2S. The largest absolute Gasteiger partial charge is 0.204 e. The van der Waals surface area contributed by atoms with E-state index in [0.29, 0.717) is 5.56 Å². The fraction of sp³-hybridized carbons (Fsp3) is 0.231. The molecule has 0 aliphatic carbocycles. The average molecular weight is 317 g/mol. The molecule has 1 aromatic carbocycles. The first-order valence-corrected chi connectivity index (χ1v) is 6.89. The van der Waals surface area contributed by atoms with E-state index in [2.05, 4.69) is 15.9 Å². The van der Waals surface area contributed by atoms with Crippen molar-refractivity contribution in [3.8, 4) is 0 Å². The molecule has 0 bridgehead atoms. The van der Waals surface area contributed by atoms with Gasteiger partial charge in [0, 0.05) is 15.3 Å². The van der Waals surface area contributed by atoms with Crippen LogP contribution in [0.25, 0.3) is 0 Å². The second-order valence-corrected chi connectivity index (χ2v) is 6.25. The zero-order chi connectivity index (χ0) is 12.6. The molecule has 0 fully saturated rings. The highest BCUT2D eigenvalue weighted by molar-refractivity contribution is 9.09. The van der Waals surface area contributed by atoms with Crippen molar-refractivity contribution >= 4 is 27.3 Å². The number of rotatable bonds is 2. The highest BCUT2D eigenvalue weighted by Crippen LogP contribution is 2.37. The summed E-state index contributed by atoms with van der Waals surface area (Å²) in [6.07, 6.45) is 0. The topological polar surface area (TPSA) is 0 Å². The summed E-state index contributed by atoms with van der Waals surface area (Å²) in [5.41, 5.74) is 1.34. The first-order chi connectivity index (χ1) is 8.00. The fourth-order valence-electron chi connectivity index (χ4n) is 1.79. The maximum Gasteiger partial charge on any atom is 0.163 e. The molecule has 0 saturated carbocycles. The van der Waals surface area contributed by atoms with Crippen LogP contribution in [0.5, 0.6) is 0 Å². The number of alkyl halides is 1. The lowest BCUT2D eigenvalue weighted by Crippen LogP contribution is -1.98. The summed E-state index contributed by atoms with van der Waals surface area (Å²) in [5.74, 6) is -1.59. The number of benzene rings is 1. The normalized spacial score (nSPS) is 12.8. The predicted molar refractivity (Wildman–Crippen MR) is 70.9 cm³/mol. The number of halogens is 3. The monoisotopic (exact) mass is 316 g/mol. The Labute approximate surface area is 111 Å². The van der Waals surface area contributed by atoms with Gasteiger partial charge in [0.1, 0.15) is 0 Å². The van der Waals surface area contributed by atoms with Crippen LogP contribution in [0.3, 0.4) is 0 Å². The van der Waals surface area contributed by atoms with Crippen molar-refractivity contribution in [2.24, 2.45) is 0 Å². The molecule has 1 unspecified atom stereocenters. The molecule has 0 aliphatic rings. The van der Waals surface area contributed by atoms with Crippen molar-refractivity contribution in [1.82, 2.24) is 0 Å². The van der Waals surface area contributed by atoms with Crippen molar-refractivity contribution in [2.45, 2.75) is 18.7 Å². The Morgan fingerprint density at radius 3 is 2.47 bits per heavy atom. The van der Waals surface area contributed by atoms with Gasteiger partial charge in [-0.3, -0.25) is 0 Å². The van der Waals surface area contributed by atoms with E-state index in [1.807, 2.05) is 19.9 Å². The molecular weight excluding hydrogens is 306 g/mol. The Hall–Kier alpha value is -0.740.